The Balaban J connectivity index is 2.03. The van der Waals surface area contributed by atoms with Crippen molar-refractivity contribution >= 4 is 24.0 Å². The van der Waals surface area contributed by atoms with E-state index < -0.39 is 7.14 Å². The fourth-order valence-electron chi connectivity index (χ4n) is 3.04. The molecule has 1 heterocycles. The Labute approximate surface area is 112 Å². The molecule has 2 aromatic carbocycles. The van der Waals surface area contributed by atoms with Crippen LogP contribution in [-0.4, -0.2) is 0 Å². The highest BCUT2D eigenvalue weighted by atomic mass is 31.2. The van der Waals surface area contributed by atoms with Crippen molar-refractivity contribution in [2.24, 2.45) is 0 Å². The van der Waals surface area contributed by atoms with Crippen molar-refractivity contribution in [1.29, 1.82) is 0 Å². The fraction of sp³-hybridized carbons (Fsp3) is 0.0588. The van der Waals surface area contributed by atoms with Crippen LogP contribution in [0.25, 0.3) is 16.8 Å². The second-order valence-electron chi connectivity index (χ2n) is 5.04. The first kappa shape index (κ1) is 11.0. The lowest BCUT2D eigenvalue weighted by Gasteiger charge is -2.24. The Hall–Kier alpha value is -1.85. The second-order valence-corrected chi connectivity index (χ2v) is 7.72. The van der Waals surface area contributed by atoms with Crippen LogP contribution < -0.4 is 0 Å². The van der Waals surface area contributed by atoms with Gasteiger partial charge in [-0.25, -0.2) is 0 Å². The molecule has 92 valence electrons. The Bertz CT molecular complexity index is 790. The van der Waals surface area contributed by atoms with Crippen LogP contribution in [0.3, 0.4) is 0 Å². The number of allylic oxidation sites excluding steroid dienone is 3. The SMILES string of the molecule is O=P1(C2C=Cc3cccc4cccc2c34)C=CC=C1. The maximum Gasteiger partial charge on any atom is 0.140 e. The van der Waals surface area contributed by atoms with Crippen molar-refractivity contribution in [1.82, 2.24) is 0 Å². The molecule has 1 unspecified atom stereocenters. The summed E-state index contributed by atoms with van der Waals surface area (Å²) in [6.07, 6.45) is 8.00. The summed E-state index contributed by atoms with van der Waals surface area (Å²) in [7, 11) is -2.41. The normalized spacial score (nSPS) is 22.2. The van der Waals surface area contributed by atoms with Crippen molar-refractivity contribution in [2.45, 2.75) is 5.66 Å². The maximum atomic E-state index is 13.0. The zero-order valence-electron chi connectivity index (χ0n) is 10.4. The van der Waals surface area contributed by atoms with Gasteiger partial charge in [0.2, 0.25) is 0 Å². The molecule has 0 amide bonds. The molecule has 0 saturated heterocycles. The van der Waals surface area contributed by atoms with Crippen molar-refractivity contribution in [3.05, 3.63) is 77.4 Å². The monoisotopic (exact) mass is 264 g/mol. The van der Waals surface area contributed by atoms with E-state index in [4.69, 9.17) is 0 Å². The lowest BCUT2D eigenvalue weighted by Crippen LogP contribution is -2.00. The molecule has 0 N–H and O–H groups in total. The molecule has 2 aromatic rings. The molecule has 0 spiro atoms. The van der Waals surface area contributed by atoms with Gasteiger partial charge in [-0.05, 0) is 33.5 Å². The van der Waals surface area contributed by atoms with E-state index in [0.717, 1.165) is 0 Å². The highest BCUT2D eigenvalue weighted by molar-refractivity contribution is 7.71. The Morgan fingerprint density at radius 2 is 1.68 bits per heavy atom. The third-order valence-electron chi connectivity index (χ3n) is 3.93. The molecule has 0 radical (unpaired) electrons. The van der Waals surface area contributed by atoms with Crippen LogP contribution in [0.1, 0.15) is 16.8 Å². The minimum Gasteiger partial charge on any atom is -0.314 e. The number of hydrogen-bond donors (Lipinski definition) is 0. The summed E-state index contributed by atoms with van der Waals surface area (Å²) in [5, 5.41) is 2.48. The van der Waals surface area contributed by atoms with Gasteiger partial charge in [0.1, 0.15) is 7.14 Å². The summed E-state index contributed by atoms with van der Waals surface area (Å²) in [4.78, 5) is 0. The van der Waals surface area contributed by atoms with Crippen LogP contribution in [0.5, 0.6) is 0 Å². The van der Waals surface area contributed by atoms with Crippen molar-refractivity contribution in [2.75, 3.05) is 0 Å². The van der Waals surface area contributed by atoms with Gasteiger partial charge >= 0.3 is 0 Å². The van der Waals surface area contributed by atoms with E-state index in [-0.39, 0.29) is 5.66 Å². The molecule has 0 bridgehead atoms. The Morgan fingerprint density at radius 3 is 2.47 bits per heavy atom. The highest BCUT2D eigenvalue weighted by Crippen LogP contribution is 2.66. The van der Waals surface area contributed by atoms with E-state index in [0.29, 0.717) is 0 Å². The van der Waals surface area contributed by atoms with Crippen molar-refractivity contribution < 1.29 is 4.57 Å². The number of hydrogen-bond acceptors (Lipinski definition) is 1. The van der Waals surface area contributed by atoms with Gasteiger partial charge in [0.15, 0.2) is 0 Å². The summed E-state index contributed by atoms with van der Waals surface area (Å²) in [5.74, 6) is 3.74. The van der Waals surface area contributed by atoms with E-state index >= 15 is 0 Å². The van der Waals surface area contributed by atoms with Crippen LogP contribution in [-0.2, 0) is 4.57 Å². The summed E-state index contributed by atoms with van der Waals surface area (Å²) >= 11 is 0. The number of rotatable bonds is 1. The van der Waals surface area contributed by atoms with Gasteiger partial charge < -0.3 is 4.57 Å². The lowest BCUT2D eigenvalue weighted by molar-refractivity contribution is 0.583. The number of benzene rings is 2. The average molecular weight is 264 g/mol. The maximum absolute atomic E-state index is 13.0. The third-order valence-corrected chi connectivity index (χ3v) is 6.53. The van der Waals surface area contributed by atoms with Gasteiger partial charge in [0.25, 0.3) is 0 Å². The summed E-state index contributed by atoms with van der Waals surface area (Å²) in [5.41, 5.74) is 2.40. The zero-order chi connectivity index (χ0) is 12.9. The smallest absolute Gasteiger partial charge is 0.140 e. The topological polar surface area (TPSA) is 17.1 Å². The molecule has 1 aliphatic heterocycles. The lowest BCUT2D eigenvalue weighted by atomic mass is 9.93. The first-order valence-electron chi connectivity index (χ1n) is 6.44. The zero-order valence-corrected chi connectivity index (χ0v) is 11.3. The van der Waals surface area contributed by atoms with Crippen molar-refractivity contribution in [3.8, 4) is 0 Å². The predicted molar refractivity (Wildman–Crippen MR) is 81.6 cm³/mol. The van der Waals surface area contributed by atoms with E-state index in [9.17, 15) is 4.57 Å². The molecule has 19 heavy (non-hydrogen) atoms. The largest absolute Gasteiger partial charge is 0.314 e. The molecule has 2 heteroatoms. The van der Waals surface area contributed by atoms with E-state index in [1.165, 1.54) is 21.9 Å². The minimum absolute atomic E-state index is 0.0129. The second kappa shape index (κ2) is 3.82. The van der Waals surface area contributed by atoms with Gasteiger partial charge in [0.05, 0.1) is 5.66 Å². The Kier molecular flexibility index (Phi) is 2.22. The van der Waals surface area contributed by atoms with Gasteiger partial charge in [-0.3, -0.25) is 0 Å². The van der Waals surface area contributed by atoms with E-state index in [1.54, 1.807) is 0 Å². The van der Waals surface area contributed by atoms with Gasteiger partial charge in [0, 0.05) is 0 Å². The molecule has 4 rings (SSSR count). The standard InChI is InChI=1S/C17H13OP/c18-19(11-1-2-12-19)16-10-9-14-6-3-5-13-7-4-8-15(16)17(13)14/h1-12,16H. The minimum atomic E-state index is -2.41. The Morgan fingerprint density at radius 1 is 0.947 bits per heavy atom. The van der Waals surface area contributed by atoms with Crippen molar-refractivity contribution in [3.63, 3.8) is 0 Å². The average Bonchev–Trinajstić information content (AvgIpc) is 2.88. The van der Waals surface area contributed by atoms with E-state index in [1.807, 2.05) is 23.8 Å². The van der Waals surface area contributed by atoms with Crippen LogP contribution >= 0.6 is 7.14 Å². The molecule has 1 nitrogen and oxygen atoms in total. The summed E-state index contributed by atoms with van der Waals surface area (Å²) < 4.78 is 13.0. The van der Waals surface area contributed by atoms with Crippen LogP contribution in [0, 0.1) is 0 Å². The summed E-state index contributed by atoms with van der Waals surface area (Å²) in [6.45, 7) is 0. The van der Waals surface area contributed by atoms with Gasteiger partial charge in [-0.1, -0.05) is 60.7 Å². The summed E-state index contributed by atoms with van der Waals surface area (Å²) in [6, 6.07) is 12.6. The molecule has 0 aromatic heterocycles. The molecule has 0 fully saturated rings. The first-order valence-corrected chi connectivity index (χ1v) is 8.35. The van der Waals surface area contributed by atoms with Crippen LogP contribution in [0.2, 0.25) is 0 Å². The van der Waals surface area contributed by atoms with Gasteiger partial charge in [-0.2, -0.15) is 0 Å². The van der Waals surface area contributed by atoms with E-state index in [2.05, 4.69) is 48.6 Å². The van der Waals surface area contributed by atoms with Crippen LogP contribution in [0.4, 0.5) is 0 Å². The quantitative estimate of drug-likeness (QED) is 0.638. The third kappa shape index (κ3) is 1.52. The molecule has 0 saturated carbocycles. The fourth-order valence-corrected chi connectivity index (χ4v) is 5.25. The molecule has 1 atom stereocenters. The molecule has 2 aliphatic rings. The first-order chi connectivity index (χ1) is 9.28. The molecular formula is C17H13OP. The highest BCUT2D eigenvalue weighted by Gasteiger charge is 2.32. The molecular weight excluding hydrogens is 251 g/mol. The predicted octanol–water partition coefficient (Wildman–Crippen LogP) is 5.31. The van der Waals surface area contributed by atoms with Crippen LogP contribution in [0.15, 0.2) is 66.3 Å². The molecule has 1 aliphatic carbocycles. The van der Waals surface area contributed by atoms with Gasteiger partial charge in [-0.15, -0.1) is 0 Å².